The van der Waals surface area contributed by atoms with Crippen LogP contribution in [0.25, 0.3) is 11.3 Å². The Bertz CT molecular complexity index is 554. The lowest BCUT2D eigenvalue weighted by Gasteiger charge is -2.04. The number of aromatic nitrogens is 1. The first kappa shape index (κ1) is 14.0. The smallest absolute Gasteiger partial charge is 0.208 e. The summed E-state index contributed by atoms with van der Waals surface area (Å²) in [5, 5.41) is 3.58. The maximum atomic E-state index is 13.7. The second kappa shape index (κ2) is 6.17. The summed E-state index contributed by atoms with van der Waals surface area (Å²) >= 11 is 5.71. The van der Waals surface area contributed by atoms with E-state index < -0.39 is 5.82 Å². The molecule has 0 atom stereocenters. The topological polar surface area (TPSA) is 38.1 Å². The quantitative estimate of drug-likeness (QED) is 0.904. The Morgan fingerprint density at radius 2 is 2.21 bits per heavy atom. The summed E-state index contributed by atoms with van der Waals surface area (Å²) in [7, 11) is 0. The van der Waals surface area contributed by atoms with Gasteiger partial charge >= 0.3 is 0 Å². The highest BCUT2D eigenvalue weighted by Crippen LogP contribution is 2.25. The number of halogens is 2. The lowest BCUT2D eigenvalue weighted by Crippen LogP contribution is -2.18. The van der Waals surface area contributed by atoms with E-state index >= 15 is 0 Å². The van der Waals surface area contributed by atoms with Crippen LogP contribution in [-0.2, 0) is 6.54 Å². The summed E-state index contributed by atoms with van der Waals surface area (Å²) in [4.78, 5) is 4.12. The van der Waals surface area contributed by atoms with Gasteiger partial charge in [0.25, 0.3) is 0 Å². The Labute approximate surface area is 116 Å². The predicted molar refractivity (Wildman–Crippen MR) is 73.5 cm³/mol. The molecule has 0 aliphatic heterocycles. The molecule has 0 aliphatic carbocycles. The highest BCUT2D eigenvalue weighted by Gasteiger charge is 2.11. The van der Waals surface area contributed by atoms with Crippen molar-refractivity contribution in [2.75, 3.05) is 6.54 Å². The highest BCUT2D eigenvalue weighted by atomic mass is 35.5. The van der Waals surface area contributed by atoms with Gasteiger partial charge in [-0.2, -0.15) is 0 Å². The van der Waals surface area contributed by atoms with E-state index in [1.54, 1.807) is 12.1 Å². The van der Waals surface area contributed by atoms with Crippen LogP contribution in [0.3, 0.4) is 0 Å². The van der Waals surface area contributed by atoms with Crippen molar-refractivity contribution in [2.45, 2.75) is 20.4 Å². The highest BCUT2D eigenvalue weighted by molar-refractivity contribution is 6.30. The first-order valence-corrected chi connectivity index (χ1v) is 6.55. The third-order valence-electron chi connectivity index (χ3n) is 2.58. The maximum absolute atomic E-state index is 13.7. The summed E-state index contributed by atoms with van der Waals surface area (Å²) < 4.78 is 19.2. The van der Waals surface area contributed by atoms with Crippen LogP contribution in [-0.4, -0.2) is 11.5 Å². The molecule has 1 aromatic carbocycles. The number of nitrogens with one attached hydrogen (secondary N) is 1. The average Bonchev–Trinajstić information content (AvgIpc) is 2.77. The Hall–Kier alpha value is -1.39. The minimum atomic E-state index is -0.412. The summed E-state index contributed by atoms with van der Waals surface area (Å²) in [6, 6.07) is 4.47. The lowest BCUT2D eigenvalue weighted by molar-refractivity contribution is 0.457. The Kier molecular flexibility index (Phi) is 4.56. The molecule has 2 rings (SSSR count). The third kappa shape index (κ3) is 3.78. The van der Waals surface area contributed by atoms with Gasteiger partial charge in [-0.1, -0.05) is 25.4 Å². The molecule has 1 N–H and O–H groups in total. The van der Waals surface area contributed by atoms with E-state index in [0.717, 1.165) is 6.54 Å². The molecular formula is C14H16ClFN2O. The lowest BCUT2D eigenvalue weighted by atomic mass is 10.2. The molecule has 3 nitrogen and oxygen atoms in total. The molecule has 0 amide bonds. The first-order valence-electron chi connectivity index (χ1n) is 6.17. The van der Waals surface area contributed by atoms with Crippen molar-refractivity contribution in [2.24, 2.45) is 5.92 Å². The largest absolute Gasteiger partial charge is 0.439 e. The molecule has 0 saturated heterocycles. The second-order valence-corrected chi connectivity index (χ2v) is 5.20. The molecule has 0 unspecified atom stereocenters. The van der Waals surface area contributed by atoms with Crippen LogP contribution in [0.2, 0.25) is 5.02 Å². The Morgan fingerprint density at radius 3 is 2.89 bits per heavy atom. The fraction of sp³-hybridized carbons (Fsp3) is 0.357. The zero-order valence-electron chi connectivity index (χ0n) is 10.9. The molecule has 0 radical (unpaired) electrons. The van der Waals surface area contributed by atoms with E-state index in [-0.39, 0.29) is 0 Å². The molecule has 102 valence electrons. The van der Waals surface area contributed by atoms with Crippen LogP contribution in [0.4, 0.5) is 4.39 Å². The molecular weight excluding hydrogens is 267 g/mol. The van der Waals surface area contributed by atoms with Crippen LogP contribution >= 0.6 is 11.6 Å². The number of oxazole rings is 1. The molecule has 1 aromatic heterocycles. The van der Waals surface area contributed by atoms with Crippen molar-refractivity contribution in [1.82, 2.24) is 10.3 Å². The van der Waals surface area contributed by atoms with E-state index in [2.05, 4.69) is 24.1 Å². The zero-order chi connectivity index (χ0) is 13.8. The van der Waals surface area contributed by atoms with Crippen molar-refractivity contribution in [3.8, 4) is 11.3 Å². The molecule has 0 saturated carbocycles. The zero-order valence-corrected chi connectivity index (χ0v) is 11.7. The predicted octanol–water partition coefficient (Wildman–Crippen LogP) is 3.88. The van der Waals surface area contributed by atoms with Gasteiger partial charge in [0.2, 0.25) is 5.89 Å². The number of hydrogen-bond acceptors (Lipinski definition) is 3. The van der Waals surface area contributed by atoms with Gasteiger partial charge in [0.1, 0.15) is 5.82 Å². The Balaban J connectivity index is 2.08. The molecule has 2 aromatic rings. The van der Waals surface area contributed by atoms with Crippen LogP contribution in [0.5, 0.6) is 0 Å². The van der Waals surface area contributed by atoms with Gasteiger partial charge in [-0.25, -0.2) is 9.37 Å². The second-order valence-electron chi connectivity index (χ2n) is 4.77. The summed E-state index contributed by atoms with van der Waals surface area (Å²) in [6.07, 6.45) is 1.53. The molecule has 5 heteroatoms. The number of benzene rings is 1. The van der Waals surface area contributed by atoms with Crippen molar-refractivity contribution < 1.29 is 8.81 Å². The standard InChI is InChI=1S/C14H16ClFN2O/c1-9(2)6-17-8-14-18-7-13(19-14)11-4-3-10(15)5-12(11)16/h3-5,7,9,17H,6,8H2,1-2H3. The normalized spacial score (nSPS) is 11.2. The Morgan fingerprint density at radius 1 is 1.42 bits per heavy atom. The van der Waals surface area contributed by atoms with E-state index in [4.69, 9.17) is 16.0 Å². The molecule has 19 heavy (non-hydrogen) atoms. The molecule has 0 aliphatic rings. The van der Waals surface area contributed by atoms with Crippen molar-refractivity contribution in [3.63, 3.8) is 0 Å². The fourth-order valence-corrected chi connectivity index (χ4v) is 1.83. The summed E-state index contributed by atoms with van der Waals surface area (Å²) in [5.74, 6) is 1.11. The fourth-order valence-electron chi connectivity index (χ4n) is 1.67. The average molecular weight is 283 g/mol. The van der Waals surface area contributed by atoms with Gasteiger partial charge in [0.05, 0.1) is 18.3 Å². The van der Waals surface area contributed by atoms with Crippen LogP contribution in [0, 0.1) is 11.7 Å². The monoisotopic (exact) mass is 282 g/mol. The van der Waals surface area contributed by atoms with E-state index in [1.165, 1.54) is 12.3 Å². The van der Waals surface area contributed by atoms with Crippen LogP contribution < -0.4 is 5.32 Å². The number of nitrogens with zero attached hydrogens (tertiary/aromatic N) is 1. The van der Waals surface area contributed by atoms with Gasteiger partial charge in [0.15, 0.2) is 5.76 Å². The maximum Gasteiger partial charge on any atom is 0.208 e. The first-order chi connectivity index (χ1) is 9.06. The van der Waals surface area contributed by atoms with E-state index in [9.17, 15) is 4.39 Å². The number of hydrogen-bond donors (Lipinski definition) is 1. The number of rotatable bonds is 5. The van der Waals surface area contributed by atoms with Gasteiger partial charge in [-0.15, -0.1) is 0 Å². The third-order valence-corrected chi connectivity index (χ3v) is 2.81. The summed E-state index contributed by atoms with van der Waals surface area (Å²) in [6.45, 7) is 5.66. The minimum absolute atomic E-state index is 0.361. The van der Waals surface area contributed by atoms with Gasteiger partial charge in [-0.3, -0.25) is 0 Å². The van der Waals surface area contributed by atoms with E-state index in [1.807, 2.05) is 0 Å². The molecule has 0 spiro atoms. The minimum Gasteiger partial charge on any atom is -0.439 e. The van der Waals surface area contributed by atoms with Crippen LogP contribution in [0.1, 0.15) is 19.7 Å². The van der Waals surface area contributed by atoms with Crippen LogP contribution in [0.15, 0.2) is 28.8 Å². The van der Waals surface area contributed by atoms with Gasteiger partial charge in [-0.05, 0) is 30.7 Å². The van der Waals surface area contributed by atoms with Crippen molar-refractivity contribution in [1.29, 1.82) is 0 Å². The van der Waals surface area contributed by atoms with Crippen molar-refractivity contribution in [3.05, 3.63) is 41.1 Å². The summed E-state index contributed by atoms with van der Waals surface area (Å²) in [5.41, 5.74) is 0.368. The van der Waals surface area contributed by atoms with Gasteiger partial charge in [0, 0.05) is 5.02 Å². The van der Waals surface area contributed by atoms with Gasteiger partial charge < -0.3 is 9.73 Å². The molecule has 0 bridgehead atoms. The van der Waals surface area contributed by atoms with Crippen molar-refractivity contribution >= 4 is 11.6 Å². The molecule has 1 heterocycles. The molecule has 0 fully saturated rings. The van der Waals surface area contributed by atoms with E-state index in [0.29, 0.717) is 34.7 Å². The SMILES string of the molecule is CC(C)CNCc1ncc(-c2ccc(Cl)cc2F)o1.